The minimum absolute atomic E-state index is 0.0633. The minimum atomic E-state index is -0.303. The molecule has 1 fully saturated rings. The lowest BCUT2D eigenvalue weighted by molar-refractivity contribution is -0.117. The molecule has 2 rings (SSSR count). The first-order valence-electron chi connectivity index (χ1n) is 4.63. The average molecular weight is 226 g/mol. The first-order valence-corrected chi connectivity index (χ1v) is 5.79. The van der Waals surface area contributed by atoms with E-state index < -0.39 is 0 Å². The zero-order valence-electron chi connectivity index (χ0n) is 8.00. The van der Waals surface area contributed by atoms with Gasteiger partial charge in [-0.25, -0.2) is 4.39 Å². The number of carbonyl (C=O) groups excluding carboxylic acids is 1. The van der Waals surface area contributed by atoms with Gasteiger partial charge in [0.1, 0.15) is 5.82 Å². The van der Waals surface area contributed by atoms with Crippen molar-refractivity contribution in [2.24, 2.45) is 0 Å². The molecule has 0 saturated carbocycles. The topological polar surface area (TPSA) is 41.1 Å². The van der Waals surface area contributed by atoms with Crippen LogP contribution in [0.3, 0.4) is 0 Å². The van der Waals surface area contributed by atoms with Gasteiger partial charge in [0.05, 0.1) is 6.04 Å². The molecule has 1 atom stereocenters. The Morgan fingerprint density at radius 1 is 1.47 bits per heavy atom. The minimum Gasteiger partial charge on any atom is -0.325 e. The summed E-state index contributed by atoms with van der Waals surface area (Å²) in [6.45, 7) is 0. The molecule has 80 valence electrons. The first kappa shape index (κ1) is 10.4. The summed E-state index contributed by atoms with van der Waals surface area (Å²) in [5.41, 5.74) is 0.625. The number of hydrogen-bond acceptors (Lipinski definition) is 3. The van der Waals surface area contributed by atoms with Gasteiger partial charge in [-0.15, -0.1) is 11.8 Å². The second-order valence-corrected chi connectivity index (χ2v) is 4.30. The molecular formula is C10H11FN2OS. The summed E-state index contributed by atoms with van der Waals surface area (Å²) in [7, 11) is 0. The van der Waals surface area contributed by atoms with E-state index in [1.807, 2.05) is 0 Å². The van der Waals surface area contributed by atoms with E-state index in [1.54, 1.807) is 23.9 Å². The van der Waals surface area contributed by atoms with Crippen molar-refractivity contribution in [2.45, 2.75) is 6.04 Å². The second kappa shape index (κ2) is 4.63. The molecule has 0 bridgehead atoms. The van der Waals surface area contributed by atoms with E-state index in [9.17, 15) is 9.18 Å². The number of carbonyl (C=O) groups is 1. The Morgan fingerprint density at radius 2 is 2.20 bits per heavy atom. The molecule has 1 aliphatic rings. The lowest BCUT2D eigenvalue weighted by Crippen LogP contribution is -2.37. The summed E-state index contributed by atoms with van der Waals surface area (Å²) >= 11 is 1.69. The number of benzene rings is 1. The van der Waals surface area contributed by atoms with Crippen LogP contribution in [0.2, 0.25) is 0 Å². The molecule has 2 N–H and O–H groups in total. The van der Waals surface area contributed by atoms with Crippen molar-refractivity contribution in [1.29, 1.82) is 0 Å². The maximum atomic E-state index is 12.6. The van der Waals surface area contributed by atoms with Crippen molar-refractivity contribution in [1.82, 2.24) is 5.32 Å². The summed E-state index contributed by atoms with van der Waals surface area (Å²) in [6.07, 6.45) is 0. The highest BCUT2D eigenvalue weighted by atomic mass is 32.2. The highest BCUT2D eigenvalue weighted by Gasteiger charge is 2.22. The SMILES string of the molecule is O=C(Nc1ccc(F)cc1)[C@@H]1CSCN1. The van der Waals surface area contributed by atoms with Crippen LogP contribution in [0, 0.1) is 5.82 Å². The lowest BCUT2D eigenvalue weighted by Gasteiger charge is -2.10. The van der Waals surface area contributed by atoms with E-state index in [-0.39, 0.29) is 17.8 Å². The zero-order valence-corrected chi connectivity index (χ0v) is 8.81. The smallest absolute Gasteiger partial charge is 0.242 e. The third-order valence-corrected chi connectivity index (χ3v) is 3.08. The first-order chi connectivity index (χ1) is 7.25. The predicted molar refractivity (Wildman–Crippen MR) is 59.3 cm³/mol. The fourth-order valence-corrected chi connectivity index (χ4v) is 2.27. The Hall–Kier alpha value is -1.07. The Bertz CT molecular complexity index is 349. The van der Waals surface area contributed by atoms with Crippen molar-refractivity contribution in [2.75, 3.05) is 16.9 Å². The molecule has 0 radical (unpaired) electrons. The van der Waals surface area contributed by atoms with E-state index in [2.05, 4.69) is 10.6 Å². The summed E-state index contributed by atoms with van der Waals surface area (Å²) in [4.78, 5) is 11.6. The van der Waals surface area contributed by atoms with Gasteiger partial charge in [0.15, 0.2) is 0 Å². The number of nitrogens with one attached hydrogen (secondary N) is 2. The van der Waals surface area contributed by atoms with Crippen LogP contribution < -0.4 is 10.6 Å². The van der Waals surface area contributed by atoms with Crippen molar-refractivity contribution < 1.29 is 9.18 Å². The van der Waals surface area contributed by atoms with E-state index in [1.165, 1.54) is 12.1 Å². The standard InChI is InChI=1S/C10H11FN2OS/c11-7-1-3-8(4-2-7)13-10(14)9-5-15-6-12-9/h1-4,9,12H,5-6H2,(H,13,14)/t9-/m0/s1. The van der Waals surface area contributed by atoms with Gasteiger partial charge in [0.25, 0.3) is 0 Å². The molecule has 5 heteroatoms. The molecule has 3 nitrogen and oxygen atoms in total. The van der Waals surface area contributed by atoms with Crippen LogP contribution in [0.5, 0.6) is 0 Å². The number of thioether (sulfide) groups is 1. The lowest BCUT2D eigenvalue weighted by atomic mass is 10.2. The van der Waals surface area contributed by atoms with Crippen molar-refractivity contribution in [3.8, 4) is 0 Å². The maximum Gasteiger partial charge on any atom is 0.242 e. The number of anilines is 1. The summed E-state index contributed by atoms with van der Waals surface area (Å²) in [5.74, 6) is 1.23. The van der Waals surface area contributed by atoms with Crippen molar-refractivity contribution >= 4 is 23.4 Å². The highest BCUT2D eigenvalue weighted by Crippen LogP contribution is 2.13. The van der Waals surface area contributed by atoms with Crippen LogP contribution in [0.4, 0.5) is 10.1 Å². The summed E-state index contributed by atoms with van der Waals surface area (Å²) in [6, 6.07) is 5.61. The highest BCUT2D eigenvalue weighted by molar-refractivity contribution is 7.99. The van der Waals surface area contributed by atoms with Crippen LogP contribution in [0.15, 0.2) is 24.3 Å². The number of halogens is 1. The van der Waals surface area contributed by atoms with E-state index >= 15 is 0 Å². The fraction of sp³-hybridized carbons (Fsp3) is 0.300. The maximum absolute atomic E-state index is 12.6. The van der Waals surface area contributed by atoms with Gasteiger partial charge in [-0.3, -0.25) is 10.1 Å². The molecular weight excluding hydrogens is 215 g/mol. The third-order valence-electron chi connectivity index (χ3n) is 2.14. The Labute approximate surface area is 91.4 Å². The van der Waals surface area contributed by atoms with E-state index in [0.29, 0.717) is 5.69 Å². The predicted octanol–water partition coefficient (Wildman–Crippen LogP) is 1.43. The van der Waals surface area contributed by atoms with Gasteiger partial charge in [0.2, 0.25) is 5.91 Å². The summed E-state index contributed by atoms with van der Waals surface area (Å²) < 4.78 is 12.6. The van der Waals surface area contributed by atoms with Gasteiger partial charge in [0, 0.05) is 17.3 Å². The van der Waals surface area contributed by atoms with Crippen LogP contribution >= 0.6 is 11.8 Å². The van der Waals surface area contributed by atoms with Crippen LogP contribution in [0.25, 0.3) is 0 Å². The molecule has 1 aromatic rings. The molecule has 1 heterocycles. The molecule has 0 unspecified atom stereocenters. The van der Waals surface area contributed by atoms with E-state index in [4.69, 9.17) is 0 Å². The largest absolute Gasteiger partial charge is 0.325 e. The average Bonchev–Trinajstić information content (AvgIpc) is 2.74. The second-order valence-electron chi connectivity index (χ2n) is 3.27. The van der Waals surface area contributed by atoms with Gasteiger partial charge in [-0.2, -0.15) is 0 Å². The monoisotopic (exact) mass is 226 g/mol. The van der Waals surface area contributed by atoms with Gasteiger partial charge in [-0.05, 0) is 24.3 Å². The van der Waals surface area contributed by atoms with Crippen LogP contribution in [-0.2, 0) is 4.79 Å². The summed E-state index contributed by atoms with van der Waals surface area (Å²) in [5, 5.41) is 5.79. The van der Waals surface area contributed by atoms with Crippen molar-refractivity contribution in [3.05, 3.63) is 30.1 Å². The molecule has 1 aromatic carbocycles. The number of rotatable bonds is 2. The van der Waals surface area contributed by atoms with Crippen molar-refractivity contribution in [3.63, 3.8) is 0 Å². The molecule has 1 aliphatic heterocycles. The number of hydrogen-bond donors (Lipinski definition) is 2. The zero-order chi connectivity index (χ0) is 10.7. The molecule has 1 saturated heterocycles. The molecule has 0 aliphatic carbocycles. The molecule has 1 amide bonds. The molecule has 0 aromatic heterocycles. The Kier molecular flexibility index (Phi) is 3.23. The molecule has 15 heavy (non-hydrogen) atoms. The Morgan fingerprint density at radius 3 is 2.80 bits per heavy atom. The molecule has 0 spiro atoms. The van der Waals surface area contributed by atoms with Crippen LogP contribution in [0.1, 0.15) is 0 Å². The Balaban J connectivity index is 1.96. The number of amides is 1. The van der Waals surface area contributed by atoms with Crippen LogP contribution in [-0.4, -0.2) is 23.6 Å². The normalized spacial score (nSPS) is 20.2. The quantitative estimate of drug-likeness (QED) is 0.801. The fourth-order valence-electron chi connectivity index (χ4n) is 1.33. The van der Waals surface area contributed by atoms with Gasteiger partial charge < -0.3 is 5.32 Å². The van der Waals surface area contributed by atoms with Gasteiger partial charge >= 0.3 is 0 Å². The third kappa shape index (κ3) is 2.70. The van der Waals surface area contributed by atoms with E-state index in [0.717, 1.165) is 11.6 Å². The van der Waals surface area contributed by atoms with Gasteiger partial charge in [-0.1, -0.05) is 0 Å².